The summed E-state index contributed by atoms with van der Waals surface area (Å²) in [4.78, 5) is 23.5. The Balaban J connectivity index is 1.44. The smallest absolute Gasteiger partial charge is 0.305 e. The number of hydrogen-bond acceptors (Lipinski definition) is 5. The summed E-state index contributed by atoms with van der Waals surface area (Å²) >= 11 is 3.82. The second-order valence-electron chi connectivity index (χ2n) is 11.0. The molecule has 6 heteroatoms. The van der Waals surface area contributed by atoms with Gasteiger partial charge < -0.3 is 14.7 Å². The van der Waals surface area contributed by atoms with E-state index in [0.29, 0.717) is 41.8 Å². The van der Waals surface area contributed by atoms with E-state index < -0.39 is 0 Å². The summed E-state index contributed by atoms with van der Waals surface area (Å²) in [5.74, 6) is 2.66. The number of carbonyl (C=O) groups excluding carboxylic acids is 1. The van der Waals surface area contributed by atoms with Crippen LogP contribution in [-0.4, -0.2) is 34.2 Å². The number of esters is 1. The van der Waals surface area contributed by atoms with Crippen LogP contribution in [0.5, 0.6) is 0 Å². The molecule has 0 amide bonds. The number of ether oxygens (including phenoxy) is 1. The highest BCUT2D eigenvalue weighted by Crippen LogP contribution is 2.64. The molecule has 0 radical (unpaired) electrons. The quantitative estimate of drug-likeness (QED) is 0.150. The van der Waals surface area contributed by atoms with Crippen molar-refractivity contribution in [1.82, 2.24) is 0 Å². The van der Waals surface area contributed by atoms with Gasteiger partial charge in [0.2, 0.25) is 0 Å². The van der Waals surface area contributed by atoms with E-state index in [0.717, 1.165) is 57.8 Å². The largest absolute Gasteiger partial charge is 0.461 e. The molecule has 32 heavy (non-hydrogen) atoms. The molecule has 5 nitrogen and oxygen atoms in total. The van der Waals surface area contributed by atoms with Gasteiger partial charge in [0.05, 0.1) is 10.9 Å². The Kier molecular flexibility index (Phi) is 7.63. The van der Waals surface area contributed by atoms with Crippen molar-refractivity contribution >= 4 is 21.9 Å². The molecule has 0 heterocycles. The minimum atomic E-state index is -0.291. The van der Waals surface area contributed by atoms with Crippen molar-refractivity contribution in [2.24, 2.45) is 35.0 Å². The number of halogens is 1. The summed E-state index contributed by atoms with van der Waals surface area (Å²) < 4.78 is 5.86. The van der Waals surface area contributed by atoms with Crippen LogP contribution in [0.25, 0.3) is 0 Å². The van der Waals surface area contributed by atoms with Crippen molar-refractivity contribution < 1.29 is 24.4 Å². The van der Waals surface area contributed by atoms with Crippen LogP contribution in [0, 0.1) is 35.0 Å². The first-order valence-electron chi connectivity index (χ1n) is 12.8. The summed E-state index contributed by atoms with van der Waals surface area (Å²) in [6.45, 7) is 10.4. The maximum absolute atomic E-state index is 12.0. The fourth-order valence-corrected chi connectivity index (χ4v) is 8.64. The van der Waals surface area contributed by atoms with Crippen molar-refractivity contribution in [3.63, 3.8) is 0 Å². The molecular weight excluding hydrogens is 472 g/mol. The summed E-state index contributed by atoms with van der Waals surface area (Å²) in [6.07, 6.45) is 9.07. The van der Waals surface area contributed by atoms with Crippen LogP contribution in [0.2, 0.25) is 0 Å². The second-order valence-corrected chi connectivity index (χ2v) is 12.2. The van der Waals surface area contributed by atoms with Gasteiger partial charge in [0.1, 0.15) is 18.0 Å². The van der Waals surface area contributed by atoms with E-state index in [-0.39, 0.29) is 34.5 Å². The van der Waals surface area contributed by atoms with Gasteiger partial charge in [-0.05, 0) is 80.5 Å². The molecular formula is C26H41BrO5. The van der Waals surface area contributed by atoms with E-state index in [2.05, 4.69) is 36.4 Å². The molecule has 4 rings (SSSR count). The van der Waals surface area contributed by atoms with E-state index in [1.807, 2.05) is 6.92 Å². The first-order chi connectivity index (χ1) is 15.3. The number of carbonyl (C=O) groups is 1. The predicted octanol–water partition coefficient (Wildman–Crippen LogP) is 5.94. The summed E-state index contributed by atoms with van der Waals surface area (Å²) in [5.41, 5.74) is 0.231. The molecule has 0 aromatic carbocycles. The van der Waals surface area contributed by atoms with Crippen molar-refractivity contribution in [3.8, 4) is 0 Å². The number of fused-ring (bicyclic) bond motifs is 5. The molecule has 10 atom stereocenters. The average Bonchev–Trinajstić information content (AvgIpc) is 3.08. The van der Waals surface area contributed by atoms with Crippen LogP contribution in [-0.2, 0) is 19.3 Å². The Labute approximate surface area is 201 Å². The third-order valence-corrected chi connectivity index (χ3v) is 10.2. The second kappa shape index (κ2) is 9.95. The van der Waals surface area contributed by atoms with E-state index in [4.69, 9.17) is 14.5 Å². The highest BCUT2D eigenvalue weighted by molar-refractivity contribution is 9.09. The Morgan fingerprint density at radius 1 is 1.16 bits per heavy atom. The van der Waals surface area contributed by atoms with Crippen LogP contribution in [0.4, 0.5) is 0 Å². The highest BCUT2D eigenvalue weighted by Gasteiger charge is 2.61. The van der Waals surface area contributed by atoms with E-state index >= 15 is 0 Å². The van der Waals surface area contributed by atoms with Gasteiger partial charge in [-0.15, -0.1) is 0 Å². The van der Waals surface area contributed by atoms with Crippen molar-refractivity contribution in [3.05, 3.63) is 12.3 Å². The highest BCUT2D eigenvalue weighted by atomic mass is 79.9. The van der Waals surface area contributed by atoms with Gasteiger partial charge in [0, 0.05) is 18.8 Å². The Morgan fingerprint density at radius 2 is 1.94 bits per heavy atom. The zero-order valence-corrected chi connectivity index (χ0v) is 21.5. The number of allylic oxidation sites excluding steroid dienone is 1. The fraction of sp³-hybridized carbons (Fsp3) is 0.885. The minimum Gasteiger partial charge on any atom is -0.461 e. The molecule has 0 aliphatic heterocycles. The number of aliphatic hydroxyl groups excluding tert-OH is 1. The minimum absolute atomic E-state index is 0.0522. The fourth-order valence-electron chi connectivity index (χ4n) is 7.71. The Hall–Kier alpha value is -0.590. The third-order valence-electron chi connectivity index (χ3n) is 9.29. The molecule has 0 bridgehead atoms. The van der Waals surface area contributed by atoms with Crippen LogP contribution in [0.15, 0.2) is 12.3 Å². The Bertz CT molecular complexity index is 698. The molecule has 4 fully saturated rings. The molecule has 5 unspecified atom stereocenters. The normalized spacial score (nSPS) is 45.3. The standard InChI is InChI=1S/C26H41BrO5/c1-5-7-15(3)31-32-17-10-11-26(4)16(12-17)13-22(28)24-19-14-21(27)25(30-23(29)6-2)18(19)8-9-20(24)26/h16-22,24-25,28H,3,5-14H2,1-2,4H3/t16?,17-,18-,19?,20?,21+,22?,24?,25+,26-/m0/s1. The van der Waals surface area contributed by atoms with Gasteiger partial charge in [-0.3, -0.25) is 4.79 Å². The lowest BCUT2D eigenvalue weighted by atomic mass is 9.46. The lowest BCUT2D eigenvalue weighted by molar-refractivity contribution is -0.312. The van der Waals surface area contributed by atoms with Crippen LogP contribution < -0.4 is 0 Å². The summed E-state index contributed by atoms with van der Waals surface area (Å²) in [5, 5.41) is 11.4. The Morgan fingerprint density at radius 3 is 2.66 bits per heavy atom. The average molecular weight is 514 g/mol. The maximum Gasteiger partial charge on any atom is 0.305 e. The van der Waals surface area contributed by atoms with E-state index in [9.17, 15) is 9.90 Å². The number of alkyl halides is 1. The molecule has 4 aliphatic carbocycles. The molecule has 1 N–H and O–H groups in total. The zero-order valence-electron chi connectivity index (χ0n) is 19.9. The van der Waals surface area contributed by atoms with Crippen molar-refractivity contribution in [1.29, 1.82) is 0 Å². The van der Waals surface area contributed by atoms with E-state index in [1.165, 1.54) is 0 Å². The monoisotopic (exact) mass is 512 g/mol. The number of hydrogen-bond donors (Lipinski definition) is 1. The van der Waals surface area contributed by atoms with Crippen molar-refractivity contribution in [2.45, 2.75) is 108 Å². The SMILES string of the molecule is C=C(CCC)OO[C@H]1CC[C@@]2(C)C(CC(O)C3C4C[C@@H](Br)[C@H](OC(=O)CC)[C@H]4CCC32)C1. The van der Waals surface area contributed by atoms with Gasteiger partial charge in [0.25, 0.3) is 0 Å². The molecule has 4 saturated carbocycles. The number of aliphatic hydroxyl groups is 1. The lowest BCUT2D eigenvalue weighted by Crippen LogP contribution is -2.57. The topological polar surface area (TPSA) is 65.0 Å². The van der Waals surface area contributed by atoms with Crippen LogP contribution in [0.1, 0.15) is 85.0 Å². The molecule has 0 saturated heterocycles. The molecule has 0 spiro atoms. The molecule has 4 aliphatic rings. The first-order valence-corrected chi connectivity index (χ1v) is 13.7. The van der Waals surface area contributed by atoms with Gasteiger partial charge in [0.15, 0.2) is 0 Å². The molecule has 0 aromatic rings. The van der Waals surface area contributed by atoms with Gasteiger partial charge in [-0.2, -0.15) is 4.89 Å². The van der Waals surface area contributed by atoms with Gasteiger partial charge >= 0.3 is 5.97 Å². The maximum atomic E-state index is 12.0. The van der Waals surface area contributed by atoms with E-state index in [1.54, 1.807) is 0 Å². The van der Waals surface area contributed by atoms with Crippen LogP contribution in [0.3, 0.4) is 0 Å². The molecule has 0 aromatic heterocycles. The number of rotatable bonds is 7. The predicted molar refractivity (Wildman–Crippen MR) is 127 cm³/mol. The first kappa shape index (κ1) is 24.5. The van der Waals surface area contributed by atoms with Crippen LogP contribution >= 0.6 is 15.9 Å². The lowest BCUT2D eigenvalue weighted by Gasteiger charge is -2.60. The zero-order chi connectivity index (χ0) is 23.0. The van der Waals surface area contributed by atoms with Gasteiger partial charge in [-0.1, -0.05) is 43.3 Å². The molecule has 182 valence electrons. The summed E-state index contributed by atoms with van der Waals surface area (Å²) in [7, 11) is 0. The third kappa shape index (κ3) is 4.53. The van der Waals surface area contributed by atoms with Gasteiger partial charge in [-0.25, -0.2) is 0 Å². The summed E-state index contributed by atoms with van der Waals surface area (Å²) in [6, 6.07) is 0. The van der Waals surface area contributed by atoms with Crippen molar-refractivity contribution in [2.75, 3.05) is 0 Å².